The van der Waals surface area contributed by atoms with Gasteiger partial charge in [0, 0.05) is 10.5 Å². The maximum Gasteiger partial charge on any atom is 0.435 e. The second-order valence-corrected chi connectivity index (χ2v) is 4.65. The lowest BCUT2D eigenvalue weighted by Gasteiger charge is -2.04. The summed E-state index contributed by atoms with van der Waals surface area (Å²) in [6, 6.07) is 7.63. The van der Waals surface area contributed by atoms with Gasteiger partial charge < -0.3 is 0 Å². The molecule has 7 heteroatoms. The van der Waals surface area contributed by atoms with Gasteiger partial charge in [-0.3, -0.25) is 0 Å². The number of hydrogen-bond acceptors (Lipinski definition) is 2. The van der Waals surface area contributed by atoms with Gasteiger partial charge in [0.05, 0.1) is 10.7 Å². The molecule has 0 aliphatic rings. The second kappa shape index (κ2) is 4.38. The first-order chi connectivity index (χ1) is 7.88. The highest BCUT2D eigenvalue weighted by atomic mass is 79.9. The van der Waals surface area contributed by atoms with Crippen LogP contribution in [0.4, 0.5) is 13.2 Å². The van der Waals surface area contributed by atoms with Crippen molar-refractivity contribution < 1.29 is 13.2 Å². The smallest absolute Gasteiger partial charge is 0.227 e. The SMILES string of the molecule is FC(F)(F)c1cc(S)n(-c2ccc(Br)cc2)n1. The van der Waals surface area contributed by atoms with Gasteiger partial charge in [-0.05, 0) is 24.3 Å². The van der Waals surface area contributed by atoms with Crippen LogP contribution in [0.5, 0.6) is 0 Å². The highest BCUT2D eigenvalue weighted by Crippen LogP contribution is 2.30. The maximum atomic E-state index is 12.4. The molecule has 0 aliphatic carbocycles. The number of halogens is 4. The van der Waals surface area contributed by atoms with Crippen LogP contribution in [0.2, 0.25) is 0 Å². The summed E-state index contributed by atoms with van der Waals surface area (Å²) in [4.78, 5) is 0. The number of aromatic nitrogens is 2. The summed E-state index contributed by atoms with van der Waals surface area (Å²) in [5.74, 6) is 0. The van der Waals surface area contributed by atoms with Gasteiger partial charge in [0.1, 0.15) is 0 Å². The van der Waals surface area contributed by atoms with Crippen LogP contribution in [0.15, 0.2) is 39.8 Å². The first-order valence-corrected chi connectivity index (χ1v) is 5.74. The highest BCUT2D eigenvalue weighted by molar-refractivity contribution is 9.10. The lowest BCUT2D eigenvalue weighted by Crippen LogP contribution is -2.07. The molecule has 0 saturated carbocycles. The van der Waals surface area contributed by atoms with E-state index in [1.807, 2.05) is 0 Å². The van der Waals surface area contributed by atoms with Crippen LogP contribution in [-0.2, 0) is 6.18 Å². The Morgan fingerprint density at radius 2 is 1.76 bits per heavy atom. The second-order valence-electron chi connectivity index (χ2n) is 3.27. The number of hydrogen-bond donors (Lipinski definition) is 1. The van der Waals surface area contributed by atoms with Crippen molar-refractivity contribution in [1.82, 2.24) is 9.78 Å². The molecule has 1 aromatic heterocycles. The van der Waals surface area contributed by atoms with Gasteiger partial charge in [-0.15, -0.1) is 12.6 Å². The van der Waals surface area contributed by atoms with E-state index in [1.54, 1.807) is 24.3 Å². The van der Waals surface area contributed by atoms with Gasteiger partial charge in [0.25, 0.3) is 0 Å². The number of rotatable bonds is 1. The van der Waals surface area contributed by atoms with Crippen molar-refractivity contribution in [2.75, 3.05) is 0 Å². The Morgan fingerprint density at radius 1 is 1.18 bits per heavy atom. The van der Waals surface area contributed by atoms with Gasteiger partial charge in [0.2, 0.25) is 0 Å². The third kappa shape index (κ3) is 2.66. The summed E-state index contributed by atoms with van der Waals surface area (Å²) in [5.41, 5.74) is -0.431. The minimum absolute atomic E-state index is 0.139. The van der Waals surface area contributed by atoms with E-state index in [0.717, 1.165) is 15.2 Å². The van der Waals surface area contributed by atoms with E-state index >= 15 is 0 Å². The van der Waals surface area contributed by atoms with Crippen molar-refractivity contribution in [3.05, 3.63) is 40.5 Å². The molecule has 1 aromatic carbocycles. The zero-order valence-electron chi connectivity index (χ0n) is 8.24. The summed E-state index contributed by atoms with van der Waals surface area (Å²) < 4.78 is 39.3. The Labute approximate surface area is 109 Å². The normalized spacial score (nSPS) is 11.8. The molecule has 90 valence electrons. The zero-order chi connectivity index (χ0) is 12.6. The van der Waals surface area contributed by atoms with Crippen molar-refractivity contribution in [3.8, 4) is 5.69 Å². The highest BCUT2D eigenvalue weighted by Gasteiger charge is 2.34. The summed E-state index contributed by atoms with van der Waals surface area (Å²) >= 11 is 7.22. The monoisotopic (exact) mass is 322 g/mol. The summed E-state index contributed by atoms with van der Waals surface area (Å²) in [6.45, 7) is 0. The molecule has 17 heavy (non-hydrogen) atoms. The Hall–Kier alpha value is -0.950. The average molecular weight is 323 g/mol. The maximum absolute atomic E-state index is 12.4. The quantitative estimate of drug-likeness (QED) is 0.787. The molecule has 0 amide bonds. The van der Waals surface area contributed by atoms with Crippen LogP contribution in [0.1, 0.15) is 5.69 Å². The van der Waals surface area contributed by atoms with E-state index in [2.05, 4.69) is 33.7 Å². The van der Waals surface area contributed by atoms with Crippen LogP contribution in [0.3, 0.4) is 0 Å². The third-order valence-electron chi connectivity index (χ3n) is 2.05. The van der Waals surface area contributed by atoms with E-state index < -0.39 is 11.9 Å². The van der Waals surface area contributed by atoms with Gasteiger partial charge in [-0.25, -0.2) is 4.68 Å². The van der Waals surface area contributed by atoms with Gasteiger partial charge in [0.15, 0.2) is 5.69 Å². The molecular weight excluding hydrogens is 317 g/mol. The largest absolute Gasteiger partial charge is 0.435 e. The Bertz CT molecular complexity index is 533. The lowest BCUT2D eigenvalue weighted by atomic mass is 10.3. The molecule has 0 aliphatic heterocycles. The Morgan fingerprint density at radius 3 is 2.24 bits per heavy atom. The third-order valence-corrected chi connectivity index (χ3v) is 2.90. The number of alkyl halides is 3. The minimum atomic E-state index is -4.46. The minimum Gasteiger partial charge on any atom is -0.227 e. The zero-order valence-corrected chi connectivity index (χ0v) is 10.7. The van der Waals surface area contributed by atoms with Crippen molar-refractivity contribution >= 4 is 28.6 Å². The van der Waals surface area contributed by atoms with E-state index in [-0.39, 0.29) is 5.03 Å². The average Bonchev–Trinajstić information content (AvgIpc) is 2.61. The van der Waals surface area contributed by atoms with Crippen LogP contribution in [0.25, 0.3) is 5.69 Å². The molecule has 2 nitrogen and oxygen atoms in total. The number of nitrogens with zero attached hydrogens (tertiary/aromatic N) is 2. The molecule has 0 saturated heterocycles. The van der Waals surface area contributed by atoms with E-state index in [1.165, 1.54) is 0 Å². The molecular formula is C10H6BrF3N2S. The van der Waals surface area contributed by atoms with Crippen molar-refractivity contribution in [3.63, 3.8) is 0 Å². The summed E-state index contributed by atoms with van der Waals surface area (Å²) in [7, 11) is 0. The van der Waals surface area contributed by atoms with Crippen molar-refractivity contribution in [1.29, 1.82) is 0 Å². The first-order valence-electron chi connectivity index (χ1n) is 4.50. The first kappa shape index (κ1) is 12.5. The van der Waals surface area contributed by atoms with Gasteiger partial charge in [-0.2, -0.15) is 18.3 Å². The molecule has 0 fully saturated rings. The Kier molecular flexibility index (Phi) is 3.22. The molecule has 0 spiro atoms. The van der Waals surface area contributed by atoms with Crippen LogP contribution < -0.4 is 0 Å². The van der Waals surface area contributed by atoms with Crippen molar-refractivity contribution in [2.45, 2.75) is 11.2 Å². The van der Waals surface area contributed by atoms with Gasteiger partial charge in [-0.1, -0.05) is 15.9 Å². The van der Waals surface area contributed by atoms with E-state index in [0.29, 0.717) is 5.69 Å². The topological polar surface area (TPSA) is 17.8 Å². The fraction of sp³-hybridized carbons (Fsp3) is 0.100. The fourth-order valence-electron chi connectivity index (χ4n) is 1.28. The summed E-state index contributed by atoms with van der Waals surface area (Å²) in [5, 5.41) is 3.62. The van der Waals surface area contributed by atoms with Crippen LogP contribution in [0, 0.1) is 0 Å². The molecule has 0 radical (unpaired) electrons. The Balaban J connectivity index is 2.46. The molecule has 0 bridgehead atoms. The van der Waals surface area contributed by atoms with Crippen molar-refractivity contribution in [2.24, 2.45) is 0 Å². The molecule has 0 atom stereocenters. The molecule has 0 unspecified atom stereocenters. The van der Waals surface area contributed by atoms with E-state index in [4.69, 9.17) is 0 Å². The van der Waals surface area contributed by atoms with Crippen LogP contribution >= 0.6 is 28.6 Å². The predicted molar refractivity (Wildman–Crippen MR) is 63.5 cm³/mol. The number of thiol groups is 1. The molecule has 0 N–H and O–H groups in total. The molecule has 1 heterocycles. The predicted octanol–water partition coefficient (Wildman–Crippen LogP) is 3.94. The molecule has 2 rings (SSSR count). The van der Waals surface area contributed by atoms with Gasteiger partial charge >= 0.3 is 6.18 Å². The lowest BCUT2D eigenvalue weighted by molar-refractivity contribution is -0.141. The fourth-order valence-corrected chi connectivity index (χ4v) is 1.83. The summed E-state index contributed by atoms with van der Waals surface area (Å²) in [6.07, 6.45) is -4.46. The van der Waals surface area contributed by atoms with E-state index in [9.17, 15) is 13.2 Å². The standard InChI is InChI=1S/C10H6BrF3N2S/c11-6-1-3-7(4-2-6)16-9(17)5-8(15-16)10(12,13)14/h1-5,17H. The molecule has 2 aromatic rings. The van der Waals surface area contributed by atoms with Crippen LogP contribution in [-0.4, -0.2) is 9.78 Å². The number of benzene rings is 1.